The van der Waals surface area contributed by atoms with Gasteiger partial charge in [-0.2, -0.15) is 8.42 Å². The quantitative estimate of drug-likeness (QED) is 0.152. The second kappa shape index (κ2) is 19.0. The molecule has 0 aromatic carbocycles. The molecule has 0 aliphatic heterocycles. The van der Waals surface area contributed by atoms with Crippen molar-refractivity contribution in [2.75, 3.05) is 0 Å². The Morgan fingerprint density at radius 1 is 0.824 bits per heavy atom. The van der Waals surface area contributed by atoms with Gasteiger partial charge in [0.15, 0.2) is 0 Å². The van der Waals surface area contributed by atoms with Crippen LogP contribution >= 0.6 is 0 Å². The van der Waals surface area contributed by atoms with Crippen molar-refractivity contribution >= 4 is 22.1 Å². The third kappa shape index (κ3) is 12.9. The molecule has 0 aromatic heterocycles. The van der Waals surface area contributed by atoms with Gasteiger partial charge in [0.05, 0.1) is 5.97 Å². The molecule has 0 spiro atoms. The van der Waals surface area contributed by atoms with Crippen LogP contribution in [0.1, 0.15) is 106 Å². The first-order valence-corrected chi connectivity index (χ1v) is 13.7. The van der Waals surface area contributed by atoms with E-state index in [1.54, 1.807) is 0 Å². The zero-order valence-electron chi connectivity index (χ0n) is 22.8. The number of rotatable bonds is 18. The molecule has 0 heterocycles. The Balaban J connectivity index is -0.00000480. The van der Waals surface area contributed by atoms with Gasteiger partial charge in [-0.3, -0.25) is 4.55 Å². The van der Waals surface area contributed by atoms with Crippen LogP contribution < -0.4 is 69.3 Å². The third-order valence-electron chi connectivity index (χ3n) is 6.99. The number of carbonyl (C=O) groups is 2. The molecule has 0 saturated carbocycles. The molecule has 0 radical (unpaired) electrons. The van der Waals surface area contributed by atoms with Crippen LogP contribution in [0.15, 0.2) is 0 Å². The van der Waals surface area contributed by atoms with Crippen molar-refractivity contribution in [1.82, 2.24) is 0 Å². The van der Waals surface area contributed by atoms with Crippen molar-refractivity contribution in [2.24, 2.45) is 29.1 Å². The molecule has 0 amide bonds. The maximum absolute atomic E-state index is 12.6. The summed E-state index contributed by atoms with van der Waals surface area (Å²) in [5.41, 5.74) is -2.26. The van der Waals surface area contributed by atoms with E-state index in [0.717, 1.165) is 25.7 Å². The standard InChI is InChI=1S/C24H46O7S.2Na/c1-7-11-19(13-17(5)9-3)15-24(23(27)28,21(22(25)26)32(29,30)31)16-20(12-8-2)14-18(6)10-4;;/h17-21H,7-16H2,1-6H3,(H,25,26)(H,27,28)(H,29,30,31);;/q;2*+1/p-2. The maximum Gasteiger partial charge on any atom is 1.00 e. The average molecular weight is 523 g/mol. The van der Waals surface area contributed by atoms with E-state index >= 15 is 0 Å². The summed E-state index contributed by atoms with van der Waals surface area (Å²) < 4.78 is 34.2. The molecule has 190 valence electrons. The fraction of sp³-hybridized carbons (Fsp3) is 0.917. The van der Waals surface area contributed by atoms with E-state index in [0.29, 0.717) is 25.7 Å². The largest absolute Gasteiger partial charge is 1.00 e. The molecule has 0 rings (SSSR count). The van der Waals surface area contributed by atoms with Gasteiger partial charge in [-0.15, -0.1) is 0 Å². The van der Waals surface area contributed by atoms with E-state index in [4.69, 9.17) is 0 Å². The van der Waals surface area contributed by atoms with Gasteiger partial charge in [0.1, 0.15) is 5.25 Å². The van der Waals surface area contributed by atoms with Gasteiger partial charge < -0.3 is 19.8 Å². The minimum atomic E-state index is -5.24. The second-order valence-corrected chi connectivity index (χ2v) is 11.4. The van der Waals surface area contributed by atoms with E-state index in [1.807, 2.05) is 41.5 Å². The number of hydrogen-bond donors (Lipinski definition) is 1. The normalized spacial score (nSPS) is 17.7. The first-order valence-electron chi connectivity index (χ1n) is 12.2. The Bertz CT molecular complexity index is 661. The molecule has 34 heavy (non-hydrogen) atoms. The Morgan fingerprint density at radius 3 is 1.38 bits per heavy atom. The van der Waals surface area contributed by atoms with Crippen LogP contribution in [-0.4, -0.2) is 30.2 Å². The van der Waals surface area contributed by atoms with Crippen LogP contribution in [0, 0.1) is 29.1 Å². The molecule has 7 nitrogen and oxygen atoms in total. The van der Waals surface area contributed by atoms with Crippen molar-refractivity contribution in [3.8, 4) is 0 Å². The van der Waals surface area contributed by atoms with Crippen LogP contribution in [0.3, 0.4) is 0 Å². The fourth-order valence-electron chi connectivity index (χ4n) is 5.13. The Morgan fingerprint density at radius 2 is 1.18 bits per heavy atom. The van der Waals surface area contributed by atoms with Crippen LogP contribution in [0.4, 0.5) is 0 Å². The summed E-state index contributed by atoms with van der Waals surface area (Å²) >= 11 is 0. The molecular formula is C24H44Na2O7S. The minimum Gasteiger partial charge on any atom is -0.549 e. The van der Waals surface area contributed by atoms with Gasteiger partial charge in [0.25, 0.3) is 10.1 Å². The molecule has 0 aromatic rings. The summed E-state index contributed by atoms with van der Waals surface area (Å²) in [5.74, 6) is -3.70. The Labute approximate surface area is 251 Å². The van der Waals surface area contributed by atoms with Crippen LogP contribution in [0.5, 0.6) is 0 Å². The molecule has 10 heteroatoms. The molecule has 5 atom stereocenters. The van der Waals surface area contributed by atoms with E-state index < -0.39 is 32.7 Å². The first-order chi connectivity index (χ1) is 14.8. The fourth-order valence-corrected chi connectivity index (χ4v) is 6.23. The summed E-state index contributed by atoms with van der Waals surface area (Å²) in [6.07, 6.45) is 5.44. The molecule has 0 aliphatic rings. The van der Waals surface area contributed by atoms with E-state index in [2.05, 4.69) is 0 Å². The second-order valence-electron chi connectivity index (χ2n) is 9.87. The van der Waals surface area contributed by atoms with E-state index in [9.17, 15) is 32.8 Å². The van der Waals surface area contributed by atoms with Crippen molar-refractivity contribution in [3.05, 3.63) is 0 Å². The summed E-state index contributed by atoms with van der Waals surface area (Å²) in [4.78, 5) is 24.6. The number of hydrogen-bond acceptors (Lipinski definition) is 6. The SMILES string of the molecule is CCCC(CC(C)CC)CC(CC(CCC)CC(C)CC)(C(=O)[O-])C(C(=O)[O-])S(=O)(=O)O.[Na+].[Na+]. The van der Waals surface area contributed by atoms with Gasteiger partial charge in [0, 0.05) is 11.4 Å². The summed E-state index contributed by atoms with van der Waals surface area (Å²) in [6.45, 7) is 12.0. The zero-order chi connectivity index (χ0) is 25.1. The number of aliphatic carboxylic acids is 2. The van der Waals surface area contributed by atoms with Crippen LogP contribution in [0.25, 0.3) is 0 Å². The van der Waals surface area contributed by atoms with Crippen molar-refractivity contribution in [1.29, 1.82) is 0 Å². The smallest absolute Gasteiger partial charge is 0.549 e. The Hall–Kier alpha value is 0.850. The molecule has 0 aliphatic carbocycles. The first kappa shape index (κ1) is 39.4. The molecular weight excluding hydrogens is 478 g/mol. The van der Waals surface area contributed by atoms with Gasteiger partial charge in [-0.05, 0) is 49.4 Å². The zero-order valence-corrected chi connectivity index (χ0v) is 27.6. The minimum absolute atomic E-state index is 0. The van der Waals surface area contributed by atoms with E-state index in [-0.39, 0.29) is 95.6 Å². The molecule has 5 unspecified atom stereocenters. The van der Waals surface area contributed by atoms with Crippen LogP contribution in [-0.2, 0) is 19.7 Å². The van der Waals surface area contributed by atoms with Crippen molar-refractivity contribution < 1.29 is 91.9 Å². The van der Waals surface area contributed by atoms with E-state index in [1.165, 1.54) is 0 Å². The third-order valence-corrected chi connectivity index (χ3v) is 8.22. The monoisotopic (exact) mass is 522 g/mol. The molecule has 0 fully saturated rings. The van der Waals surface area contributed by atoms with Gasteiger partial charge >= 0.3 is 59.1 Å². The summed E-state index contributed by atoms with van der Waals surface area (Å²) in [7, 11) is -5.24. The number of carbonyl (C=O) groups excluding carboxylic acids is 2. The summed E-state index contributed by atoms with van der Waals surface area (Å²) in [5, 5.41) is 22.1. The van der Waals surface area contributed by atoms with Gasteiger partial charge in [-0.25, -0.2) is 0 Å². The number of carboxylic acids is 2. The topological polar surface area (TPSA) is 135 Å². The Kier molecular flexibility index (Phi) is 22.0. The van der Waals surface area contributed by atoms with Gasteiger partial charge in [0.2, 0.25) is 0 Å². The van der Waals surface area contributed by atoms with Crippen LogP contribution in [0.2, 0.25) is 0 Å². The predicted molar refractivity (Wildman–Crippen MR) is 122 cm³/mol. The predicted octanol–water partition coefficient (Wildman–Crippen LogP) is -2.78. The summed E-state index contributed by atoms with van der Waals surface area (Å²) in [6, 6.07) is 0. The van der Waals surface area contributed by atoms with Crippen molar-refractivity contribution in [3.63, 3.8) is 0 Å². The molecule has 1 N–H and O–H groups in total. The molecule has 0 bridgehead atoms. The maximum atomic E-state index is 12.6. The van der Waals surface area contributed by atoms with Gasteiger partial charge in [-0.1, -0.05) is 80.1 Å². The number of carboxylic acid groups (broad SMARTS) is 2. The van der Waals surface area contributed by atoms with Crippen molar-refractivity contribution in [2.45, 2.75) is 111 Å². The molecule has 0 saturated heterocycles. The average Bonchev–Trinajstić information content (AvgIpc) is 2.66.